The highest BCUT2D eigenvalue weighted by atomic mass is 16.5. The van der Waals surface area contributed by atoms with Crippen molar-refractivity contribution < 1.29 is 4.74 Å². The minimum absolute atomic E-state index is 0.149. The van der Waals surface area contributed by atoms with Gasteiger partial charge in [0.25, 0.3) is 0 Å². The van der Waals surface area contributed by atoms with Crippen molar-refractivity contribution in [2.45, 2.75) is 12.5 Å². The van der Waals surface area contributed by atoms with Crippen LogP contribution >= 0.6 is 0 Å². The van der Waals surface area contributed by atoms with Gasteiger partial charge in [0.2, 0.25) is 0 Å². The van der Waals surface area contributed by atoms with Gasteiger partial charge in [-0.25, -0.2) is 4.98 Å². The van der Waals surface area contributed by atoms with Crippen molar-refractivity contribution in [2.24, 2.45) is 5.73 Å². The topological polar surface area (TPSA) is 95.2 Å². The Balaban J connectivity index is 1.49. The minimum Gasteiger partial charge on any atom is -0.457 e. The zero-order valence-electron chi connectivity index (χ0n) is 15.9. The maximum absolute atomic E-state index is 6.29. The average Bonchev–Trinajstić information content (AvgIpc) is 3.33. The molecule has 0 bridgehead atoms. The van der Waals surface area contributed by atoms with Crippen LogP contribution in [0.1, 0.15) is 6.42 Å². The van der Waals surface area contributed by atoms with E-state index in [4.69, 9.17) is 16.2 Å². The Morgan fingerprint density at radius 3 is 2.45 bits per heavy atom. The number of aromatic nitrogens is 3. The zero-order chi connectivity index (χ0) is 19.8. The van der Waals surface area contributed by atoms with E-state index in [9.17, 15) is 0 Å². The third kappa shape index (κ3) is 3.25. The van der Waals surface area contributed by atoms with E-state index < -0.39 is 0 Å². The first-order valence-electron chi connectivity index (χ1n) is 9.66. The minimum atomic E-state index is 0.149. The molecule has 1 fully saturated rings. The van der Waals surface area contributed by atoms with Crippen LogP contribution in [-0.4, -0.2) is 34.0 Å². The summed E-state index contributed by atoms with van der Waals surface area (Å²) in [5.41, 5.74) is 15.1. The average molecular weight is 386 g/mol. The molecule has 2 aromatic carbocycles. The molecule has 3 heterocycles. The summed E-state index contributed by atoms with van der Waals surface area (Å²) >= 11 is 0. The fraction of sp³-hybridized carbons (Fsp3) is 0.182. The van der Waals surface area contributed by atoms with Crippen LogP contribution in [0.4, 0.5) is 5.82 Å². The van der Waals surface area contributed by atoms with Crippen molar-refractivity contribution in [3.8, 4) is 22.6 Å². The lowest BCUT2D eigenvalue weighted by atomic mass is 10.0. The summed E-state index contributed by atoms with van der Waals surface area (Å²) < 4.78 is 5.89. The fourth-order valence-electron chi connectivity index (χ4n) is 3.76. The van der Waals surface area contributed by atoms with Gasteiger partial charge in [-0.15, -0.1) is 5.10 Å². The number of pyridine rings is 1. The van der Waals surface area contributed by atoms with Crippen molar-refractivity contribution in [3.05, 3.63) is 66.9 Å². The van der Waals surface area contributed by atoms with Gasteiger partial charge in [0.05, 0.1) is 11.9 Å². The number of fused-ring (bicyclic) bond motifs is 1. The Kier molecular flexibility index (Phi) is 4.29. The number of hydrogen-bond acceptors (Lipinski definition) is 6. The molecule has 0 radical (unpaired) electrons. The summed E-state index contributed by atoms with van der Waals surface area (Å²) in [4.78, 5) is 6.34. The van der Waals surface area contributed by atoms with E-state index in [-0.39, 0.29) is 6.04 Å². The van der Waals surface area contributed by atoms with Gasteiger partial charge in [-0.3, -0.25) is 5.01 Å². The summed E-state index contributed by atoms with van der Waals surface area (Å²) in [6.45, 7) is 1.59. The highest BCUT2D eigenvalue weighted by Gasteiger charge is 2.24. The maximum atomic E-state index is 6.29. The molecule has 29 heavy (non-hydrogen) atoms. The number of anilines is 1. The highest BCUT2D eigenvalue weighted by molar-refractivity contribution is 6.00. The Morgan fingerprint density at radius 1 is 0.966 bits per heavy atom. The second kappa shape index (κ2) is 7.10. The van der Waals surface area contributed by atoms with Crippen LogP contribution in [0.25, 0.3) is 22.2 Å². The molecule has 0 spiro atoms. The number of para-hydroxylation sites is 1. The molecule has 146 valence electrons. The summed E-state index contributed by atoms with van der Waals surface area (Å²) in [7, 11) is 0. The first kappa shape index (κ1) is 17.5. The van der Waals surface area contributed by atoms with E-state index >= 15 is 0 Å². The van der Waals surface area contributed by atoms with E-state index in [2.05, 4.69) is 15.1 Å². The molecule has 0 saturated carbocycles. The number of nitrogen functional groups attached to an aromatic ring is 1. The lowest BCUT2D eigenvalue weighted by Crippen LogP contribution is -2.35. The molecule has 0 amide bonds. The van der Waals surface area contributed by atoms with E-state index in [1.807, 2.05) is 60.7 Å². The molecule has 1 saturated heterocycles. The molecule has 7 heteroatoms. The molecular weight excluding hydrogens is 364 g/mol. The molecule has 1 unspecified atom stereocenters. The summed E-state index contributed by atoms with van der Waals surface area (Å²) in [6.07, 6.45) is 2.73. The number of benzene rings is 2. The van der Waals surface area contributed by atoms with Crippen molar-refractivity contribution in [2.75, 3.05) is 23.8 Å². The third-order valence-electron chi connectivity index (χ3n) is 5.19. The van der Waals surface area contributed by atoms with E-state index in [0.717, 1.165) is 53.2 Å². The second-order valence-corrected chi connectivity index (χ2v) is 7.23. The Hall–Kier alpha value is -3.58. The van der Waals surface area contributed by atoms with Crippen molar-refractivity contribution in [1.29, 1.82) is 0 Å². The smallest absolute Gasteiger partial charge is 0.183 e. The molecule has 1 aliphatic heterocycles. The van der Waals surface area contributed by atoms with E-state index in [1.165, 1.54) is 0 Å². The van der Waals surface area contributed by atoms with Crippen LogP contribution in [-0.2, 0) is 0 Å². The predicted molar refractivity (Wildman–Crippen MR) is 114 cm³/mol. The van der Waals surface area contributed by atoms with Crippen LogP contribution in [0.5, 0.6) is 11.5 Å². The van der Waals surface area contributed by atoms with Gasteiger partial charge in [-0.2, -0.15) is 4.79 Å². The Bertz CT molecular complexity index is 1140. The van der Waals surface area contributed by atoms with Crippen molar-refractivity contribution in [3.63, 3.8) is 0 Å². The Labute approximate surface area is 168 Å². The SMILES string of the molecule is Nc1nn(N2CCC(N)C2)c2nccc(-c3ccc(Oc4ccccc4)cc3)c12. The molecule has 4 aromatic rings. The van der Waals surface area contributed by atoms with E-state index in [0.29, 0.717) is 5.82 Å². The standard InChI is InChI=1S/C22H22N6O/c23-16-11-13-27(14-16)28-22-20(21(24)26-28)19(10-12-25-22)15-6-8-18(9-7-15)29-17-4-2-1-3-5-17/h1-10,12,16H,11,13-14,23H2,(H2,24,26). The highest BCUT2D eigenvalue weighted by Crippen LogP contribution is 2.33. The molecular formula is C22H22N6O. The lowest BCUT2D eigenvalue weighted by Gasteiger charge is -2.18. The largest absolute Gasteiger partial charge is 0.457 e. The summed E-state index contributed by atoms with van der Waals surface area (Å²) in [6, 6.07) is 19.8. The molecule has 0 aliphatic carbocycles. The number of nitrogens with two attached hydrogens (primary N) is 2. The maximum Gasteiger partial charge on any atom is 0.183 e. The fourth-order valence-corrected chi connectivity index (χ4v) is 3.76. The number of hydrogen-bond donors (Lipinski definition) is 2. The molecule has 4 N–H and O–H groups in total. The van der Waals surface area contributed by atoms with Gasteiger partial charge in [0.1, 0.15) is 11.5 Å². The van der Waals surface area contributed by atoms with Crippen LogP contribution < -0.4 is 21.2 Å². The molecule has 7 nitrogen and oxygen atoms in total. The third-order valence-corrected chi connectivity index (χ3v) is 5.19. The van der Waals surface area contributed by atoms with Crippen molar-refractivity contribution >= 4 is 16.9 Å². The number of ether oxygens (including phenoxy) is 1. The molecule has 1 atom stereocenters. The summed E-state index contributed by atoms with van der Waals surface area (Å²) in [5, 5.41) is 7.49. The molecule has 2 aromatic heterocycles. The molecule has 1 aliphatic rings. The second-order valence-electron chi connectivity index (χ2n) is 7.23. The first-order valence-corrected chi connectivity index (χ1v) is 9.66. The first-order chi connectivity index (χ1) is 14.2. The van der Waals surface area contributed by atoms with Crippen LogP contribution in [0.15, 0.2) is 66.9 Å². The van der Waals surface area contributed by atoms with Gasteiger partial charge in [0, 0.05) is 18.8 Å². The zero-order valence-corrected chi connectivity index (χ0v) is 15.9. The van der Waals surface area contributed by atoms with Gasteiger partial charge in [-0.05, 0) is 47.9 Å². The van der Waals surface area contributed by atoms with Crippen LogP contribution in [0.3, 0.4) is 0 Å². The Morgan fingerprint density at radius 2 is 1.72 bits per heavy atom. The van der Waals surface area contributed by atoms with Gasteiger partial charge >= 0.3 is 0 Å². The molecule has 5 rings (SSSR count). The quantitative estimate of drug-likeness (QED) is 0.559. The monoisotopic (exact) mass is 386 g/mol. The van der Waals surface area contributed by atoms with Crippen LogP contribution in [0, 0.1) is 0 Å². The number of nitrogens with zero attached hydrogens (tertiary/aromatic N) is 4. The van der Waals surface area contributed by atoms with Crippen molar-refractivity contribution in [1.82, 2.24) is 14.9 Å². The summed E-state index contributed by atoms with van der Waals surface area (Å²) in [5.74, 6) is 2.05. The predicted octanol–water partition coefficient (Wildman–Crippen LogP) is 3.14. The van der Waals surface area contributed by atoms with Gasteiger partial charge < -0.3 is 16.2 Å². The van der Waals surface area contributed by atoms with Crippen LogP contribution in [0.2, 0.25) is 0 Å². The normalized spacial score (nSPS) is 16.4. The van der Waals surface area contributed by atoms with Gasteiger partial charge in [0.15, 0.2) is 11.5 Å². The number of rotatable bonds is 4. The lowest BCUT2D eigenvalue weighted by molar-refractivity contribution is 0.483. The van der Waals surface area contributed by atoms with E-state index in [1.54, 1.807) is 11.0 Å². The van der Waals surface area contributed by atoms with Gasteiger partial charge in [-0.1, -0.05) is 30.3 Å².